The molecule has 5 rings (SSSR count). The molecule has 0 spiro atoms. The Morgan fingerprint density at radius 3 is 2.74 bits per heavy atom. The molecule has 1 aromatic carbocycles. The summed E-state index contributed by atoms with van der Waals surface area (Å²) in [6.07, 6.45) is 7.11. The normalized spacial score (nSPS) is 14.4. The first-order valence-electron chi connectivity index (χ1n) is 10.4. The maximum atomic E-state index is 14.9. The monoisotopic (exact) mass is 457 g/mol. The van der Waals surface area contributed by atoms with Crippen molar-refractivity contribution in [3.05, 3.63) is 70.9 Å². The molecule has 34 heavy (non-hydrogen) atoms. The largest absolute Gasteiger partial charge is 0.381 e. The highest BCUT2D eigenvalue weighted by Gasteiger charge is 2.39. The second-order valence-corrected chi connectivity index (χ2v) is 8.06. The van der Waals surface area contributed by atoms with Gasteiger partial charge >= 0.3 is 0 Å². The number of terminal acetylenes is 1. The Kier molecular flexibility index (Phi) is 5.28. The number of hydrogen-bond donors (Lipinski definition) is 2. The molecule has 10 heteroatoms. The van der Waals surface area contributed by atoms with E-state index in [-0.39, 0.29) is 42.8 Å². The number of aromatic nitrogens is 6. The van der Waals surface area contributed by atoms with Gasteiger partial charge in [-0.1, -0.05) is 29.3 Å². The first-order chi connectivity index (χ1) is 16.4. The van der Waals surface area contributed by atoms with Crippen molar-refractivity contribution in [3.8, 4) is 35.1 Å². The zero-order valence-electron chi connectivity index (χ0n) is 18.2. The molecule has 0 unspecified atom stereocenters. The van der Waals surface area contributed by atoms with Crippen LogP contribution in [0.1, 0.15) is 22.5 Å². The van der Waals surface area contributed by atoms with Gasteiger partial charge < -0.3 is 15.6 Å². The Labute approximate surface area is 194 Å². The summed E-state index contributed by atoms with van der Waals surface area (Å²) < 4.78 is 21.5. The highest BCUT2D eigenvalue weighted by Crippen LogP contribution is 2.29. The van der Waals surface area contributed by atoms with E-state index in [4.69, 9.17) is 16.9 Å². The topological polar surface area (TPSA) is 125 Å². The van der Waals surface area contributed by atoms with Gasteiger partial charge in [-0.25, -0.2) is 19.0 Å². The molecule has 0 bridgehead atoms. The van der Waals surface area contributed by atoms with Gasteiger partial charge in [-0.05, 0) is 30.7 Å². The summed E-state index contributed by atoms with van der Waals surface area (Å²) in [5.41, 5.74) is 8.21. The highest BCUT2D eigenvalue weighted by molar-refractivity contribution is 5.69. The van der Waals surface area contributed by atoms with Crippen LogP contribution in [0.5, 0.6) is 0 Å². The standard InChI is InChI=1S/C24H20FN7O2/c1-3-15-6-4-8-17(14(15)2)23-28-21(20(25)22(26)29-23)18-11-32(31-30-18)10-16-7-5-9-19(27-16)24(33)12-34-13-24/h1,4-9,11,33H,10,12-13H2,2H3,(H2,26,28,29). The van der Waals surface area contributed by atoms with Crippen LogP contribution >= 0.6 is 0 Å². The number of benzene rings is 1. The summed E-state index contributed by atoms with van der Waals surface area (Å²) in [6, 6.07) is 10.7. The van der Waals surface area contributed by atoms with E-state index >= 15 is 0 Å². The van der Waals surface area contributed by atoms with Gasteiger partial charge in [0, 0.05) is 11.1 Å². The van der Waals surface area contributed by atoms with Crippen molar-refractivity contribution in [2.75, 3.05) is 18.9 Å². The van der Waals surface area contributed by atoms with Gasteiger partial charge in [0.25, 0.3) is 0 Å². The van der Waals surface area contributed by atoms with Crippen molar-refractivity contribution < 1.29 is 14.2 Å². The summed E-state index contributed by atoms with van der Waals surface area (Å²) in [4.78, 5) is 13.0. The van der Waals surface area contributed by atoms with Gasteiger partial charge in [-0.2, -0.15) is 0 Å². The van der Waals surface area contributed by atoms with Crippen LogP contribution < -0.4 is 5.73 Å². The quantitative estimate of drug-likeness (QED) is 0.437. The number of nitrogens with zero attached hydrogens (tertiary/aromatic N) is 6. The number of aliphatic hydroxyl groups is 1. The molecule has 9 nitrogen and oxygen atoms in total. The summed E-state index contributed by atoms with van der Waals surface area (Å²) >= 11 is 0. The van der Waals surface area contributed by atoms with Crippen molar-refractivity contribution in [1.29, 1.82) is 0 Å². The third kappa shape index (κ3) is 3.77. The highest BCUT2D eigenvalue weighted by atomic mass is 19.1. The number of ether oxygens (including phenoxy) is 1. The van der Waals surface area contributed by atoms with Crippen molar-refractivity contribution in [1.82, 2.24) is 29.9 Å². The minimum Gasteiger partial charge on any atom is -0.381 e. The molecule has 170 valence electrons. The SMILES string of the molecule is C#Cc1cccc(-c2nc(N)c(F)c(-c3cn(Cc4cccc(C5(O)COC5)n4)nn3)n2)c1C. The predicted octanol–water partition coefficient (Wildman–Crippen LogP) is 2.07. The van der Waals surface area contributed by atoms with E-state index in [2.05, 4.69) is 31.2 Å². The zero-order chi connectivity index (χ0) is 23.9. The van der Waals surface area contributed by atoms with Crippen LogP contribution in [-0.2, 0) is 16.9 Å². The van der Waals surface area contributed by atoms with Crippen molar-refractivity contribution in [2.24, 2.45) is 0 Å². The van der Waals surface area contributed by atoms with E-state index in [0.717, 1.165) is 5.56 Å². The number of rotatable bonds is 5. The lowest BCUT2D eigenvalue weighted by Crippen LogP contribution is -2.47. The molecule has 1 aliphatic heterocycles. The lowest BCUT2D eigenvalue weighted by atomic mass is 9.97. The maximum absolute atomic E-state index is 14.9. The van der Waals surface area contributed by atoms with Gasteiger partial charge in [0.1, 0.15) is 11.4 Å². The summed E-state index contributed by atoms with van der Waals surface area (Å²) in [7, 11) is 0. The maximum Gasteiger partial charge on any atom is 0.193 e. The molecular formula is C24H20FN7O2. The fourth-order valence-electron chi connectivity index (χ4n) is 3.71. The Bertz CT molecular complexity index is 1440. The van der Waals surface area contributed by atoms with Crippen LogP contribution in [-0.4, -0.2) is 48.3 Å². The smallest absolute Gasteiger partial charge is 0.193 e. The molecule has 0 aliphatic carbocycles. The number of halogens is 1. The van der Waals surface area contributed by atoms with Gasteiger partial charge in [0.2, 0.25) is 0 Å². The lowest BCUT2D eigenvalue weighted by molar-refractivity contribution is -0.186. The number of anilines is 1. The Hall–Kier alpha value is -4.20. The summed E-state index contributed by atoms with van der Waals surface area (Å²) in [6.45, 7) is 2.52. The van der Waals surface area contributed by atoms with Crippen LogP contribution in [0.2, 0.25) is 0 Å². The number of pyridine rings is 1. The Morgan fingerprint density at radius 1 is 1.21 bits per heavy atom. The number of hydrogen-bond acceptors (Lipinski definition) is 8. The molecule has 3 N–H and O–H groups in total. The minimum atomic E-state index is -1.07. The molecule has 1 fully saturated rings. The lowest BCUT2D eigenvalue weighted by Gasteiger charge is -2.35. The molecule has 0 amide bonds. The minimum absolute atomic E-state index is 0.0677. The molecule has 1 aliphatic rings. The van der Waals surface area contributed by atoms with Gasteiger partial charge in [-0.15, -0.1) is 11.5 Å². The fraction of sp³-hybridized carbons (Fsp3) is 0.208. The Morgan fingerprint density at radius 2 is 2.00 bits per heavy atom. The summed E-state index contributed by atoms with van der Waals surface area (Å²) in [5, 5.41) is 18.6. The number of nitrogens with two attached hydrogens (primary N) is 1. The van der Waals surface area contributed by atoms with Gasteiger partial charge in [0.05, 0.1) is 37.3 Å². The van der Waals surface area contributed by atoms with Gasteiger partial charge in [-0.3, -0.25) is 4.98 Å². The van der Waals surface area contributed by atoms with Crippen LogP contribution in [0.4, 0.5) is 10.2 Å². The van der Waals surface area contributed by atoms with E-state index < -0.39 is 11.4 Å². The van der Waals surface area contributed by atoms with E-state index in [1.807, 2.05) is 6.92 Å². The fourth-order valence-corrected chi connectivity index (χ4v) is 3.71. The van der Waals surface area contributed by atoms with Crippen molar-refractivity contribution in [2.45, 2.75) is 19.1 Å². The van der Waals surface area contributed by atoms with Gasteiger partial charge in [0.15, 0.2) is 23.1 Å². The van der Waals surface area contributed by atoms with Crippen LogP contribution in [0.15, 0.2) is 42.6 Å². The molecule has 4 heterocycles. The molecule has 0 saturated carbocycles. The third-order valence-electron chi connectivity index (χ3n) is 5.68. The first kappa shape index (κ1) is 21.6. The summed E-state index contributed by atoms with van der Waals surface area (Å²) in [5.74, 6) is 1.76. The van der Waals surface area contributed by atoms with Crippen LogP contribution in [0.25, 0.3) is 22.8 Å². The van der Waals surface area contributed by atoms with E-state index in [0.29, 0.717) is 22.5 Å². The van der Waals surface area contributed by atoms with Crippen molar-refractivity contribution in [3.63, 3.8) is 0 Å². The van der Waals surface area contributed by atoms with Crippen LogP contribution in [0.3, 0.4) is 0 Å². The Balaban J connectivity index is 1.47. The zero-order valence-corrected chi connectivity index (χ0v) is 18.2. The van der Waals surface area contributed by atoms with E-state index in [9.17, 15) is 9.50 Å². The predicted molar refractivity (Wildman–Crippen MR) is 122 cm³/mol. The van der Waals surface area contributed by atoms with Crippen molar-refractivity contribution >= 4 is 5.82 Å². The molecule has 3 aromatic heterocycles. The molecule has 0 radical (unpaired) electrons. The second-order valence-electron chi connectivity index (χ2n) is 8.06. The molecular weight excluding hydrogens is 437 g/mol. The molecule has 4 aromatic rings. The van der Waals surface area contributed by atoms with E-state index in [1.165, 1.54) is 4.68 Å². The second kappa shape index (κ2) is 8.30. The number of nitrogen functional groups attached to an aromatic ring is 1. The third-order valence-corrected chi connectivity index (χ3v) is 5.68. The average molecular weight is 457 g/mol. The van der Waals surface area contributed by atoms with E-state index in [1.54, 1.807) is 42.6 Å². The molecule has 1 saturated heterocycles. The first-order valence-corrected chi connectivity index (χ1v) is 10.4. The molecule has 0 atom stereocenters. The van der Waals surface area contributed by atoms with Crippen LogP contribution in [0, 0.1) is 25.1 Å². The average Bonchev–Trinajstić information content (AvgIpc) is 3.27.